The lowest BCUT2D eigenvalue weighted by Crippen LogP contribution is -2.62. The zero-order valence-corrected chi connectivity index (χ0v) is 10.8. The summed E-state index contributed by atoms with van der Waals surface area (Å²) in [6, 6.07) is 7.50. The molecule has 2 aliphatic heterocycles. The molecule has 0 radical (unpaired) electrons. The van der Waals surface area contributed by atoms with Crippen LogP contribution in [-0.4, -0.2) is 55.1 Å². The average molecular weight is 262 g/mol. The van der Waals surface area contributed by atoms with Gasteiger partial charge in [0.1, 0.15) is 0 Å². The zero-order valence-electron chi connectivity index (χ0n) is 10.8. The smallest absolute Gasteiger partial charge is 0.271 e. The summed E-state index contributed by atoms with van der Waals surface area (Å²) in [6.07, 6.45) is 0. The number of hydrogen-bond donors (Lipinski definition) is 1. The van der Waals surface area contributed by atoms with Crippen LogP contribution in [0.25, 0.3) is 0 Å². The number of rotatable bonds is 3. The molecule has 0 saturated carbocycles. The largest absolute Gasteiger partial charge is 0.368 e. The van der Waals surface area contributed by atoms with Crippen LogP contribution in [0.4, 0.5) is 11.4 Å². The Bertz CT molecular complexity index is 467. The molecule has 2 heterocycles. The summed E-state index contributed by atoms with van der Waals surface area (Å²) in [6.45, 7) is 6.28. The lowest BCUT2D eigenvalue weighted by molar-refractivity contribution is -0.384. The van der Waals surface area contributed by atoms with Gasteiger partial charge in [0.25, 0.3) is 5.69 Å². The van der Waals surface area contributed by atoms with Crippen LogP contribution in [0.3, 0.4) is 0 Å². The number of anilines is 1. The number of nitrogens with one attached hydrogen (secondary N) is 1. The van der Waals surface area contributed by atoms with E-state index >= 15 is 0 Å². The molecule has 1 N–H and O–H groups in total. The van der Waals surface area contributed by atoms with Gasteiger partial charge in [-0.15, -0.1) is 0 Å². The molecule has 1 aromatic carbocycles. The fourth-order valence-electron chi connectivity index (χ4n) is 2.75. The van der Waals surface area contributed by atoms with Crippen molar-refractivity contribution in [2.45, 2.75) is 6.04 Å². The molecule has 6 heteroatoms. The van der Waals surface area contributed by atoms with E-state index in [1.165, 1.54) is 6.07 Å². The molecule has 6 nitrogen and oxygen atoms in total. The standard InChI is InChI=1S/C13H18N4O2/c18-17(19)12-3-1-2-11(8-12)16-9-13(10-16)15-6-4-14-5-7-15/h1-3,8,13-14H,4-7,9-10H2. The van der Waals surface area contributed by atoms with E-state index in [1.807, 2.05) is 6.07 Å². The van der Waals surface area contributed by atoms with Crippen molar-refractivity contribution < 1.29 is 4.92 Å². The SMILES string of the molecule is O=[N+]([O-])c1cccc(N2CC(N3CCNCC3)C2)c1. The summed E-state index contributed by atoms with van der Waals surface area (Å²) in [4.78, 5) is 15.1. The quantitative estimate of drug-likeness (QED) is 0.641. The minimum Gasteiger partial charge on any atom is -0.368 e. The molecule has 2 fully saturated rings. The number of nitro groups is 1. The van der Waals surface area contributed by atoms with Gasteiger partial charge in [-0.05, 0) is 6.07 Å². The maximum absolute atomic E-state index is 10.8. The lowest BCUT2D eigenvalue weighted by atomic mass is 10.0. The Morgan fingerprint density at radius 2 is 2.00 bits per heavy atom. The van der Waals surface area contributed by atoms with Gasteiger partial charge in [-0.3, -0.25) is 15.0 Å². The Kier molecular flexibility index (Phi) is 3.35. The molecule has 0 aliphatic carbocycles. The highest BCUT2D eigenvalue weighted by molar-refractivity contribution is 5.55. The third-order valence-electron chi connectivity index (χ3n) is 3.94. The zero-order chi connectivity index (χ0) is 13.2. The van der Waals surface area contributed by atoms with Gasteiger partial charge in [-0.1, -0.05) is 6.07 Å². The number of nitrogens with zero attached hydrogens (tertiary/aromatic N) is 3. The van der Waals surface area contributed by atoms with E-state index in [0.717, 1.165) is 45.0 Å². The van der Waals surface area contributed by atoms with Crippen molar-refractivity contribution in [2.75, 3.05) is 44.2 Å². The van der Waals surface area contributed by atoms with Gasteiger partial charge in [-0.2, -0.15) is 0 Å². The molecule has 1 aromatic rings. The first-order valence-corrected chi connectivity index (χ1v) is 6.68. The predicted molar refractivity (Wildman–Crippen MR) is 73.5 cm³/mol. The van der Waals surface area contributed by atoms with Crippen LogP contribution in [-0.2, 0) is 0 Å². The summed E-state index contributed by atoms with van der Waals surface area (Å²) in [5.74, 6) is 0. The number of nitro benzene ring substituents is 1. The second kappa shape index (κ2) is 5.14. The Hall–Kier alpha value is -1.66. The van der Waals surface area contributed by atoms with E-state index < -0.39 is 0 Å². The summed E-state index contributed by atoms with van der Waals surface area (Å²) in [5.41, 5.74) is 1.13. The molecule has 19 heavy (non-hydrogen) atoms. The Morgan fingerprint density at radius 1 is 1.26 bits per heavy atom. The first kappa shape index (κ1) is 12.4. The maximum Gasteiger partial charge on any atom is 0.271 e. The molecule has 3 rings (SSSR count). The van der Waals surface area contributed by atoms with E-state index in [1.54, 1.807) is 12.1 Å². The van der Waals surface area contributed by atoms with Crippen LogP contribution in [0.1, 0.15) is 0 Å². The highest BCUT2D eigenvalue weighted by atomic mass is 16.6. The lowest BCUT2D eigenvalue weighted by Gasteiger charge is -2.47. The summed E-state index contributed by atoms with van der Waals surface area (Å²) >= 11 is 0. The average Bonchev–Trinajstić information content (AvgIpc) is 2.39. The van der Waals surface area contributed by atoms with Crippen LogP contribution in [0.2, 0.25) is 0 Å². The van der Waals surface area contributed by atoms with Crippen LogP contribution in [0.15, 0.2) is 24.3 Å². The molecule has 0 atom stereocenters. The van der Waals surface area contributed by atoms with Crippen molar-refractivity contribution in [1.29, 1.82) is 0 Å². The first-order chi connectivity index (χ1) is 9.24. The minimum absolute atomic E-state index is 0.170. The van der Waals surface area contributed by atoms with E-state index in [9.17, 15) is 10.1 Å². The van der Waals surface area contributed by atoms with E-state index in [0.29, 0.717) is 6.04 Å². The van der Waals surface area contributed by atoms with Gasteiger partial charge in [0.05, 0.1) is 4.92 Å². The van der Waals surface area contributed by atoms with Gasteiger partial charge in [-0.25, -0.2) is 0 Å². The molecule has 102 valence electrons. The maximum atomic E-state index is 10.8. The van der Waals surface area contributed by atoms with Crippen molar-refractivity contribution in [3.63, 3.8) is 0 Å². The molecular formula is C13H18N4O2. The number of non-ortho nitro benzene ring substituents is 1. The number of benzene rings is 1. The van der Waals surface area contributed by atoms with Crippen LogP contribution in [0.5, 0.6) is 0 Å². The highest BCUT2D eigenvalue weighted by Gasteiger charge is 2.32. The van der Waals surface area contributed by atoms with E-state index in [2.05, 4.69) is 15.1 Å². The van der Waals surface area contributed by atoms with Gasteiger partial charge < -0.3 is 10.2 Å². The monoisotopic (exact) mass is 262 g/mol. The fraction of sp³-hybridized carbons (Fsp3) is 0.538. The van der Waals surface area contributed by atoms with Crippen LogP contribution in [0, 0.1) is 10.1 Å². The summed E-state index contributed by atoms with van der Waals surface area (Å²) in [5, 5.41) is 14.1. The molecule has 2 aliphatic rings. The van der Waals surface area contributed by atoms with Crippen molar-refractivity contribution in [2.24, 2.45) is 0 Å². The first-order valence-electron chi connectivity index (χ1n) is 6.68. The number of piperazine rings is 1. The second-order valence-corrected chi connectivity index (χ2v) is 5.12. The minimum atomic E-state index is -0.336. The molecule has 0 spiro atoms. The molecule has 0 unspecified atom stereocenters. The second-order valence-electron chi connectivity index (χ2n) is 5.12. The van der Waals surface area contributed by atoms with Crippen LogP contribution < -0.4 is 10.2 Å². The molecule has 0 aromatic heterocycles. The van der Waals surface area contributed by atoms with E-state index in [4.69, 9.17) is 0 Å². The Labute approximate surface area is 112 Å². The molecule has 0 bridgehead atoms. The van der Waals surface area contributed by atoms with E-state index in [-0.39, 0.29) is 10.6 Å². The van der Waals surface area contributed by atoms with Crippen molar-refractivity contribution in [3.05, 3.63) is 34.4 Å². The van der Waals surface area contributed by atoms with Gasteiger partial charge in [0.2, 0.25) is 0 Å². The predicted octanol–water partition coefficient (Wildman–Crippen LogP) is 0.689. The molecule has 2 saturated heterocycles. The molecule has 0 amide bonds. The van der Waals surface area contributed by atoms with Crippen molar-refractivity contribution in [1.82, 2.24) is 10.2 Å². The van der Waals surface area contributed by atoms with Gasteiger partial charge >= 0.3 is 0 Å². The van der Waals surface area contributed by atoms with Gasteiger partial charge in [0, 0.05) is 63.1 Å². The Morgan fingerprint density at radius 3 is 2.68 bits per heavy atom. The fourth-order valence-corrected chi connectivity index (χ4v) is 2.75. The topological polar surface area (TPSA) is 61.7 Å². The van der Waals surface area contributed by atoms with Gasteiger partial charge in [0.15, 0.2) is 0 Å². The van der Waals surface area contributed by atoms with Crippen molar-refractivity contribution >= 4 is 11.4 Å². The van der Waals surface area contributed by atoms with Crippen LogP contribution >= 0.6 is 0 Å². The number of hydrogen-bond acceptors (Lipinski definition) is 5. The Balaban J connectivity index is 1.60. The summed E-state index contributed by atoms with van der Waals surface area (Å²) in [7, 11) is 0. The summed E-state index contributed by atoms with van der Waals surface area (Å²) < 4.78 is 0. The third kappa shape index (κ3) is 2.54. The van der Waals surface area contributed by atoms with Crippen molar-refractivity contribution in [3.8, 4) is 0 Å². The third-order valence-corrected chi connectivity index (χ3v) is 3.94. The highest BCUT2D eigenvalue weighted by Crippen LogP contribution is 2.27. The normalized spacial score (nSPS) is 21.2. The molecular weight excluding hydrogens is 244 g/mol.